The second kappa shape index (κ2) is 8.80. The van der Waals surface area contributed by atoms with Crippen LogP contribution in [0, 0.1) is 31.3 Å². The first kappa shape index (κ1) is 23.0. The minimum Gasteiger partial charge on any atom is -0.490 e. The molecule has 0 saturated heterocycles. The molecule has 0 unspecified atom stereocenters. The second-order valence-corrected chi connectivity index (χ2v) is 9.03. The van der Waals surface area contributed by atoms with Gasteiger partial charge in [-0.1, -0.05) is 6.07 Å². The maximum atomic E-state index is 15.1. The summed E-state index contributed by atoms with van der Waals surface area (Å²) in [5.41, 5.74) is 5.76. The molecule has 1 aromatic heterocycles. The molecule has 0 bridgehead atoms. The number of benzene rings is 3. The topological polar surface area (TPSA) is 51.5 Å². The van der Waals surface area contributed by atoms with Gasteiger partial charge in [0, 0.05) is 29.2 Å². The van der Waals surface area contributed by atoms with E-state index in [9.17, 15) is 18.7 Å². The molecule has 7 heteroatoms. The van der Waals surface area contributed by atoms with Gasteiger partial charge in [0.2, 0.25) is 0 Å². The average molecular weight is 479 g/mol. The van der Waals surface area contributed by atoms with Gasteiger partial charge in [-0.15, -0.1) is 0 Å². The van der Waals surface area contributed by atoms with Crippen LogP contribution in [0.15, 0.2) is 42.6 Å². The third-order valence-electron chi connectivity index (χ3n) is 6.78. The zero-order chi connectivity index (χ0) is 24.9. The van der Waals surface area contributed by atoms with Crippen LogP contribution in [0.5, 0.6) is 5.75 Å². The lowest BCUT2D eigenvalue weighted by Crippen LogP contribution is -2.13. The molecule has 1 aliphatic heterocycles. The molecule has 1 aliphatic rings. The molecular weight excluding hydrogens is 455 g/mol. The number of rotatable bonds is 5. The lowest BCUT2D eigenvalue weighted by Gasteiger charge is -2.24. The maximum Gasteiger partial charge on any atom is 0.307 e. The molecule has 1 N–H and O–H groups in total. The highest BCUT2D eigenvalue weighted by Gasteiger charge is 2.25. The monoisotopic (exact) mass is 479 g/mol. The largest absolute Gasteiger partial charge is 0.490 e. The van der Waals surface area contributed by atoms with Crippen molar-refractivity contribution in [3.8, 4) is 16.9 Å². The van der Waals surface area contributed by atoms with Gasteiger partial charge in [-0.3, -0.25) is 4.79 Å². The van der Waals surface area contributed by atoms with Gasteiger partial charge in [0.1, 0.15) is 0 Å². The number of aromatic nitrogens is 1. The number of aryl methyl sites for hydroxylation is 1. The number of fused-ring (bicyclic) bond motifs is 2. The quantitative estimate of drug-likeness (QED) is 0.363. The van der Waals surface area contributed by atoms with Gasteiger partial charge in [0.15, 0.2) is 23.2 Å². The molecule has 0 radical (unpaired) electrons. The molecule has 0 amide bonds. The summed E-state index contributed by atoms with van der Waals surface area (Å²) in [7, 11) is 0. The van der Waals surface area contributed by atoms with E-state index in [0.29, 0.717) is 41.8 Å². The van der Waals surface area contributed by atoms with Crippen LogP contribution in [0.4, 0.5) is 13.2 Å². The van der Waals surface area contributed by atoms with E-state index in [1.807, 2.05) is 36.7 Å². The third kappa shape index (κ3) is 4.05. The smallest absolute Gasteiger partial charge is 0.307 e. The minimum atomic E-state index is -0.977. The number of carbonyl (C=O) groups is 1. The zero-order valence-corrected chi connectivity index (χ0v) is 19.4. The summed E-state index contributed by atoms with van der Waals surface area (Å²) < 4.78 is 49.8. The number of hydrogen-bond acceptors (Lipinski definition) is 2. The van der Waals surface area contributed by atoms with Crippen molar-refractivity contribution in [1.29, 1.82) is 0 Å². The molecule has 5 rings (SSSR count). The van der Waals surface area contributed by atoms with Gasteiger partial charge < -0.3 is 14.4 Å². The molecule has 0 saturated carbocycles. The first-order chi connectivity index (χ1) is 16.7. The summed E-state index contributed by atoms with van der Waals surface area (Å²) in [6.07, 6.45) is 3.09. The Balaban J connectivity index is 1.74. The Morgan fingerprint density at radius 3 is 2.60 bits per heavy atom. The number of nitrogens with zero attached hydrogens (tertiary/aromatic N) is 1. The number of ether oxygens (including phenoxy) is 1. The van der Waals surface area contributed by atoms with Crippen LogP contribution >= 0.6 is 0 Å². The standard InChI is InChI=1S/C28H24F3NO3/c1-15-10-25-19(7-8-32(25)14-17-5-6-22(29)23(30)11-17)27(20(15)13-26(33)34)21-12-24(31)28-18(16(21)2)4-3-9-35-28/h5-8,10-12H,3-4,9,13-14H2,1-2H3,(H,33,34). The SMILES string of the molecule is Cc1cc2c(ccn2Cc2ccc(F)c(F)c2)c(-c2cc(F)c3c(c2C)CCCO3)c1CC(=O)O. The van der Waals surface area contributed by atoms with Crippen molar-refractivity contribution in [3.05, 3.63) is 87.9 Å². The Bertz CT molecular complexity index is 1490. The molecule has 0 spiro atoms. The van der Waals surface area contributed by atoms with Crippen LogP contribution in [0.1, 0.15) is 34.2 Å². The van der Waals surface area contributed by atoms with E-state index in [0.717, 1.165) is 46.1 Å². The van der Waals surface area contributed by atoms with E-state index in [2.05, 4.69) is 0 Å². The predicted molar refractivity (Wildman–Crippen MR) is 127 cm³/mol. The van der Waals surface area contributed by atoms with Crippen LogP contribution in [0.2, 0.25) is 0 Å². The molecule has 4 nitrogen and oxygen atoms in total. The lowest BCUT2D eigenvalue weighted by atomic mass is 9.86. The molecule has 35 heavy (non-hydrogen) atoms. The van der Waals surface area contributed by atoms with Gasteiger partial charge in [-0.2, -0.15) is 0 Å². The molecule has 0 atom stereocenters. The Morgan fingerprint density at radius 1 is 1.06 bits per heavy atom. The third-order valence-corrected chi connectivity index (χ3v) is 6.78. The average Bonchev–Trinajstić information content (AvgIpc) is 3.21. The zero-order valence-electron chi connectivity index (χ0n) is 19.4. The minimum absolute atomic E-state index is 0.208. The fraction of sp³-hybridized carbons (Fsp3) is 0.250. The molecule has 3 aromatic carbocycles. The summed E-state index contributed by atoms with van der Waals surface area (Å²) in [6.45, 7) is 4.51. The normalized spacial score (nSPS) is 13.1. The second-order valence-electron chi connectivity index (χ2n) is 9.03. The molecule has 2 heterocycles. The van der Waals surface area contributed by atoms with Crippen LogP contribution in [-0.2, 0) is 24.2 Å². The van der Waals surface area contributed by atoms with Crippen molar-refractivity contribution in [1.82, 2.24) is 4.57 Å². The van der Waals surface area contributed by atoms with E-state index in [1.165, 1.54) is 12.1 Å². The fourth-order valence-corrected chi connectivity index (χ4v) is 5.09. The predicted octanol–water partition coefficient (Wildman–Crippen LogP) is 6.34. The summed E-state index contributed by atoms with van der Waals surface area (Å²) in [5, 5.41) is 10.4. The van der Waals surface area contributed by atoms with Crippen LogP contribution < -0.4 is 4.74 Å². The highest BCUT2D eigenvalue weighted by atomic mass is 19.2. The molecule has 0 aliphatic carbocycles. The van der Waals surface area contributed by atoms with E-state index >= 15 is 4.39 Å². The van der Waals surface area contributed by atoms with Crippen LogP contribution in [0.3, 0.4) is 0 Å². The molecule has 4 aromatic rings. The highest BCUT2D eigenvalue weighted by Crippen LogP contribution is 2.42. The first-order valence-electron chi connectivity index (χ1n) is 11.5. The number of halogens is 3. The number of carboxylic acids is 1. The Hall–Kier alpha value is -3.74. The van der Waals surface area contributed by atoms with Crippen LogP contribution in [0.25, 0.3) is 22.0 Å². The number of hydrogen-bond donors (Lipinski definition) is 1. The molecule has 180 valence electrons. The van der Waals surface area contributed by atoms with Gasteiger partial charge in [-0.05, 0) is 90.4 Å². The van der Waals surface area contributed by atoms with Crippen molar-refractivity contribution in [3.63, 3.8) is 0 Å². The van der Waals surface area contributed by atoms with Crippen molar-refractivity contribution in [2.75, 3.05) is 6.61 Å². The van der Waals surface area contributed by atoms with E-state index < -0.39 is 23.4 Å². The van der Waals surface area contributed by atoms with E-state index in [4.69, 9.17) is 4.74 Å². The maximum absolute atomic E-state index is 15.1. The van der Waals surface area contributed by atoms with Gasteiger partial charge in [-0.25, -0.2) is 13.2 Å². The summed E-state index contributed by atoms with van der Waals surface area (Å²) in [5.74, 6) is -2.98. The lowest BCUT2D eigenvalue weighted by molar-refractivity contribution is -0.136. The molecular formula is C28H24F3NO3. The Morgan fingerprint density at radius 2 is 1.86 bits per heavy atom. The summed E-state index contributed by atoms with van der Waals surface area (Å²) in [6, 6.07) is 8.98. The van der Waals surface area contributed by atoms with Crippen LogP contribution in [-0.4, -0.2) is 22.2 Å². The number of aliphatic carboxylic acids is 1. The summed E-state index contributed by atoms with van der Waals surface area (Å²) >= 11 is 0. The fourth-order valence-electron chi connectivity index (χ4n) is 5.09. The summed E-state index contributed by atoms with van der Waals surface area (Å²) in [4.78, 5) is 11.8. The van der Waals surface area contributed by atoms with Gasteiger partial charge in [0.05, 0.1) is 13.0 Å². The first-order valence-corrected chi connectivity index (χ1v) is 11.5. The van der Waals surface area contributed by atoms with Crippen molar-refractivity contribution >= 4 is 16.9 Å². The van der Waals surface area contributed by atoms with Gasteiger partial charge >= 0.3 is 5.97 Å². The Kier molecular flexibility index (Phi) is 5.79. The van der Waals surface area contributed by atoms with Gasteiger partial charge in [0.25, 0.3) is 0 Å². The highest BCUT2D eigenvalue weighted by molar-refractivity contribution is 6.00. The van der Waals surface area contributed by atoms with Crippen molar-refractivity contribution in [2.24, 2.45) is 0 Å². The number of carboxylic acid groups (broad SMARTS) is 1. The van der Waals surface area contributed by atoms with Crippen molar-refractivity contribution in [2.45, 2.75) is 39.7 Å². The van der Waals surface area contributed by atoms with E-state index in [-0.39, 0.29) is 12.2 Å². The van der Waals surface area contributed by atoms with E-state index in [1.54, 1.807) is 0 Å². The Labute approximate surface area is 200 Å². The van der Waals surface area contributed by atoms with Crippen molar-refractivity contribution < 1.29 is 27.8 Å². The molecule has 0 fully saturated rings.